The number of benzene rings is 5. The fraction of sp³-hybridized carbons (Fsp3) is 0.400. The summed E-state index contributed by atoms with van der Waals surface area (Å²) in [5.74, 6) is -1.00. The number of rotatable bonds is 8. The second kappa shape index (κ2) is 17.8. The summed E-state index contributed by atoms with van der Waals surface area (Å²) in [6.07, 6.45) is 5.23. The van der Waals surface area contributed by atoms with Crippen LogP contribution >= 0.6 is 18.5 Å². The van der Waals surface area contributed by atoms with Crippen LogP contribution in [0.1, 0.15) is 123 Å². The van der Waals surface area contributed by atoms with Crippen LogP contribution in [-0.4, -0.2) is 58.8 Å². The number of fused-ring (bicyclic) bond motifs is 2. The van der Waals surface area contributed by atoms with Crippen molar-refractivity contribution in [2.45, 2.75) is 81.1 Å². The largest absolute Gasteiger partial charge is 0.274 e. The summed E-state index contributed by atoms with van der Waals surface area (Å²) in [5.41, 5.74) is 2.17. The van der Waals surface area contributed by atoms with Crippen molar-refractivity contribution in [3.63, 3.8) is 0 Å². The highest BCUT2D eigenvalue weighted by Gasteiger charge is 2.36. The predicted molar refractivity (Wildman–Crippen MR) is 211 cm³/mol. The molecule has 2 atom stereocenters. The summed E-state index contributed by atoms with van der Waals surface area (Å²) in [6.45, 7) is 16.8. The van der Waals surface area contributed by atoms with Crippen molar-refractivity contribution in [1.82, 2.24) is 9.80 Å². The van der Waals surface area contributed by atoms with Gasteiger partial charge in [-0.3, -0.25) is 29.0 Å². The monoisotopic (exact) mass is 686 g/mol. The maximum Gasteiger partial charge on any atom is 0.261 e. The van der Waals surface area contributed by atoms with Gasteiger partial charge >= 0.3 is 0 Å². The first-order chi connectivity index (χ1) is 23.5. The summed E-state index contributed by atoms with van der Waals surface area (Å²) >= 11 is 0. The third-order valence-corrected chi connectivity index (χ3v) is 9.29. The Morgan fingerprint density at radius 3 is 0.875 bits per heavy atom. The average Bonchev–Trinajstić information content (AvgIpc) is 3.15. The van der Waals surface area contributed by atoms with Crippen molar-refractivity contribution in [1.29, 1.82) is 0 Å². The third kappa shape index (κ3) is 6.47. The Morgan fingerprint density at radius 2 is 0.646 bits per heavy atom. The number of carbonyl (C=O) groups excluding carboxylic acids is 4. The Morgan fingerprint density at radius 1 is 0.396 bits per heavy atom. The molecule has 5 aromatic rings. The molecule has 0 bridgehead atoms. The number of amides is 4. The molecule has 2 heterocycles. The molecule has 0 aromatic heterocycles. The Bertz CT molecular complexity index is 1670. The van der Waals surface area contributed by atoms with Crippen LogP contribution in [0.2, 0.25) is 0 Å². The Balaban J connectivity index is 0.000000730. The summed E-state index contributed by atoms with van der Waals surface area (Å²) in [4.78, 5) is 56.9. The van der Waals surface area contributed by atoms with Gasteiger partial charge in [0, 0.05) is 46.1 Å². The second-order valence-corrected chi connectivity index (χ2v) is 11.8. The van der Waals surface area contributed by atoms with Gasteiger partial charge in [-0.05, 0) is 94.6 Å². The van der Waals surface area contributed by atoms with Gasteiger partial charge in [0.05, 0.1) is 0 Å². The Hall–Kier alpha value is -3.46. The van der Waals surface area contributed by atoms with E-state index in [0.717, 1.165) is 70.3 Å². The van der Waals surface area contributed by atoms with E-state index in [0.29, 0.717) is 46.1 Å². The molecule has 2 aliphatic heterocycles. The first-order valence-electron chi connectivity index (χ1n) is 17.8. The van der Waals surface area contributed by atoms with Crippen molar-refractivity contribution in [2.24, 2.45) is 0 Å². The third-order valence-electron chi connectivity index (χ3n) is 8.48. The number of unbranched alkanes of at least 4 members (excludes halogenated alkanes) is 2. The van der Waals surface area contributed by atoms with E-state index < -0.39 is 0 Å². The lowest BCUT2D eigenvalue weighted by Crippen LogP contribution is -2.41. The van der Waals surface area contributed by atoms with E-state index in [1.165, 1.54) is 9.80 Å². The van der Waals surface area contributed by atoms with Crippen molar-refractivity contribution in [2.75, 3.05) is 25.4 Å². The Labute approximate surface area is 290 Å². The molecule has 4 amide bonds. The first kappa shape index (κ1) is 39.0. The van der Waals surface area contributed by atoms with Gasteiger partial charge in [0.25, 0.3) is 23.6 Å². The molecule has 7 rings (SSSR count). The number of hydrogen-bond donors (Lipinski definition) is 0. The highest BCUT2D eigenvalue weighted by molar-refractivity contribution is 7.16. The zero-order valence-corrected chi connectivity index (χ0v) is 32.3. The molecule has 0 fully saturated rings. The van der Waals surface area contributed by atoms with Crippen molar-refractivity contribution < 1.29 is 19.2 Å². The maximum atomic E-state index is 13.5. The van der Waals surface area contributed by atoms with Crippen molar-refractivity contribution in [3.8, 4) is 0 Å². The van der Waals surface area contributed by atoms with Gasteiger partial charge < -0.3 is 0 Å². The minimum atomic E-state index is -0.251. The van der Waals surface area contributed by atoms with Crippen molar-refractivity contribution >= 4 is 85.2 Å². The van der Waals surface area contributed by atoms with Crippen molar-refractivity contribution in [3.05, 3.63) is 70.8 Å². The summed E-state index contributed by atoms with van der Waals surface area (Å²) in [6, 6.07) is 15.1. The lowest BCUT2D eigenvalue weighted by atomic mass is 9.82. The van der Waals surface area contributed by atoms with E-state index in [2.05, 4.69) is 18.5 Å². The van der Waals surface area contributed by atoms with E-state index in [-0.39, 0.29) is 23.6 Å². The molecule has 0 aliphatic carbocycles. The highest BCUT2D eigenvalue weighted by atomic mass is 31.0. The quantitative estimate of drug-likeness (QED) is 0.0535. The number of carbonyl (C=O) groups is 4. The number of hydrogen-bond acceptors (Lipinski definition) is 4. The van der Waals surface area contributed by atoms with Gasteiger partial charge in [-0.1, -0.05) is 79.7 Å². The molecule has 48 heavy (non-hydrogen) atoms. The molecular formula is C40H52N2O4P2. The molecule has 0 saturated carbocycles. The van der Waals surface area contributed by atoms with E-state index in [1.54, 1.807) is 0 Å². The average molecular weight is 687 g/mol. The molecule has 8 heteroatoms. The van der Waals surface area contributed by atoms with Gasteiger partial charge in [-0.2, -0.15) is 0 Å². The molecule has 6 nitrogen and oxygen atoms in total. The zero-order chi connectivity index (χ0) is 35.7. The van der Waals surface area contributed by atoms with Gasteiger partial charge in [-0.15, -0.1) is 18.5 Å². The Kier molecular flexibility index (Phi) is 14.5. The van der Waals surface area contributed by atoms with E-state index in [4.69, 9.17) is 0 Å². The van der Waals surface area contributed by atoms with Crippen LogP contribution in [-0.2, 0) is 0 Å². The minimum Gasteiger partial charge on any atom is -0.274 e. The molecule has 0 saturated heterocycles. The van der Waals surface area contributed by atoms with Crippen LogP contribution < -0.4 is 0 Å². The summed E-state index contributed by atoms with van der Waals surface area (Å²) in [5, 5.41) is 6.78. The van der Waals surface area contributed by atoms with Crippen LogP contribution in [0.3, 0.4) is 0 Å². The lowest BCUT2D eigenvalue weighted by molar-refractivity contribution is 0.0593. The predicted octanol–water partition coefficient (Wildman–Crippen LogP) is 10.3. The molecule has 5 aromatic carbocycles. The molecule has 0 radical (unpaired) electrons. The van der Waals surface area contributed by atoms with Crippen LogP contribution in [0.4, 0.5) is 0 Å². The standard InChI is InChI=1S/C32H28N2O4P2.4C2H6/c35-29-21-9-5-17-19-7-11-23-28-24(32(38)34(31(23)37)14-2-4-16-40)12-8-20(26(19)28)18-6-10-22(27(21)25(17)18)30(36)33(29)13-1-3-15-39;4*1-2/h5-12H,1-4,13-16,39-40H2;4*1-2H3. The molecular weight excluding hydrogens is 634 g/mol. The smallest absolute Gasteiger partial charge is 0.261 e. The second-order valence-electron chi connectivity index (χ2n) is 10.7. The topological polar surface area (TPSA) is 74.8 Å². The number of nitrogens with zero attached hydrogens (tertiary/aromatic N) is 2. The van der Waals surface area contributed by atoms with Crippen LogP contribution in [0.15, 0.2) is 48.5 Å². The van der Waals surface area contributed by atoms with Gasteiger partial charge in [0.1, 0.15) is 0 Å². The van der Waals surface area contributed by atoms with Crippen LogP contribution in [0, 0.1) is 0 Å². The molecule has 0 N–H and O–H groups in total. The summed E-state index contributed by atoms with van der Waals surface area (Å²) in [7, 11) is 5.37. The van der Waals surface area contributed by atoms with E-state index in [1.807, 2.05) is 104 Å². The van der Waals surface area contributed by atoms with Gasteiger partial charge in [-0.25, -0.2) is 0 Å². The normalized spacial score (nSPS) is 13.1. The minimum absolute atomic E-state index is 0.251. The SMILES string of the molecule is CC.CC.CC.CC.O=C1c2ccc3c4ccc5c6c(ccc(c7ccc(c2c37)C(=O)N1CCCCP)c64)C(=O)N(CCCCP)C5=O. The van der Waals surface area contributed by atoms with Crippen LogP contribution in [0.25, 0.3) is 43.1 Å². The molecule has 2 unspecified atom stereocenters. The molecule has 2 aliphatic rings. The van der Waals surface area contributed by atoms with Crippen LogP contribution in [0.5, 0.6) is 0 Å². The maximum absolute atomic E-state index is 13.5. The van der Waals surface area contributed by atoms with E-state index >= 15 is 0 Å². The van der Waals surface area contributed by atoms with Gasteiger partial charge in [0.15, 0.2) is 0 Å². The zero-order valence-electron chi connectivity index (χ0n) is 30.0. The number of imide groups is 2. The first-order valence-corrected chi connectivity index (χ1v) is 19.4. The molecule has 0 spiro atoms. The fourth-order valence-electron chi connectivity index (χ4n) is 6.60. The van der Waals surface area contributed by atoms with Gasteiger partial charge in [0.2, 0.25) is 0 Å². The van der Waals surface area contributed by atoms with E-state index in [9.17, 15) is 19.2 Å². The highest BCUT2D eigenvalue weighted by Crippen LogP contribution is 2.46. The molecule has 256 valence electrons. The lowest BCUT2D eigenvalue weighted by Gasteiger charge is -2.30. The summed E-state index contributed by atoms with van der Waals surface area (Å²) < 4.78 is 0. The fourth-order valence-corrected chi connectivity index (χ4v) is 7.18.